The van der Waals surface area contributed by atoms with Crippen molar-refractivity contribution in [3.63, 3.8) is 0 Å². The molecule has 2 rings (SSSR count). The predicted molar refractivity (Wildman–Crippen MR) is 71.9 cm³/mol. The van der Waals surface area contributed by atoms with Crippen molar-refractivity contribution in [3.8, 4) is 17.0 Å². The number of H-pyrrole nitrogens is 2. The van der Waals surface area contributed by atoms with Crippen LogP contribution < -0.4 is 4.74 Å². The van der Waals surface area contributed by atoms with E-state index >= 15 is 0 Å². The Hall–Kier alpha value is -1.55. The van der Waals surface area contributed by atoms with Crippen LogP contribution in [-0.4, -0.2) is 16.1 Å². The Kier molecular flexibility index (Phi) is 3.33. The standard InChI is InChI=1S/C13H16N2OS/c1-8(2)16-11-6-4-10(5-7-11)12-9(3)14-13(17)15-12/h4-8H,1-3H3,(H2,14,15,17). The van der Waals surface area contributed by atoms with Gasteiger partial charge >= 0.3 is 0 Å². The summed E-state index contributed by atoms with van der Waals surface area (Å²) in [7, 11) is 0. The molecule has 0 spiro atoms. The Morgan fingerprint density at radius 1 is 1.12 bits per heavy atom. The molecule has 3 nitrogen and oxygen atoms in total. The minimum absolute atomic E-state index is 0.195. The summed E-state index contributed by atoms with van der Waals surface area (Å²) < 4.78 is 6.25. The molecular formula is C13H16N2OS. The molecule has 2 N–H and O–H groups in total. The molecule has 0 aliphatic heterocycles. The van der Waals surface area contributed by atoms with E-state index < -0.39 is 0 Å². The molecule has 0 fully saturated rings. The number of imidazole rings is 1. The third kappa shape index (κ3) is 2.77. The van der Waals surface area contributed by atoms with Crippen LogP contribution in [0.1, 0.15) is 19.5 Å². The first-order valence-corrected chi connectivity index (χ1v) is 6.03. The average Bonchev–Trinajstić information content (AvgIpc) is 2.58. The molecule has 2 aromatic rings. The maximum Gasteiger partial charge on any atom is 0.175 e. The molecule has 4 heteroatoms. The molecule has 0 atom stereocenters. The van der Waals surface area contributed by atoms with Crippen LogP contribution in [0, 0.1) is 11.7 Å². The minimum atomic E-state index is 0.195. The van der Waals surface area contributed by atoms with E-state index in [0.29, 0.717) is 4.77 Å². The van der Waals surface area contributed by atoms with Crippen molar-refractivity contribution < 1.29 is 4.74 Å². The molecule has 0 saturated heterocycles. The fraction of sp³-hybridized carbons (Fsp3) is 0.308. The van der Waals surface area contributed by atoms with Crippen LogP contribution in [0.15, 0.2) is 24.3 Å². The van der Waals surface area contributed by atoms with Gasteiger partial charge in [0.15, 0.2) is 4.77 Å². The third-order valence-corrected chi connectivity index (χ3v) is 2.63. The maximum absolute atomic E-state index is 5.60. The lowest BCUT2D eigenvalue weighted by atomic mass is 10.1. The van der Waals surface area contributed by atoms with Crippen LogP contribution in [0.25, 0.3) is 11.3 Å². The summed E-state index contributed by atoms with van der Waals surface area (Å²) in [5.74, 6) is 0.885. The summed E-state index contributed by atoms with van der Waals surface area (Å²) in [6.07, 6.45) is 0.195. The van der Waals surface area contributed by atoms with E-state index in [-0.39, 0.29) is 6.10 Å². The Bertz CT molecular complexity index is 552. The largest absolute Gasteiger partial charge is 0.491 e. The fourth-order valence-electron chi connectivity index (χ4n) is 1.73. The first kappa shape index (κ1) is 11.9. The summed E-state index contributed by atoms with van der Waals surface area (Å²) in [5.41, 5.74) is 3.18. The van der Waals surface area contributed by atoms with Crippen molar-refractivity contribution in [2.45, 2.75) is 26.9 Å². The van der Waals surface area contributed by atoms with E-state index in [1.165, 1.54) is 0 Å². The summed E-state index contributed by atoms with van der Waals surface area (Å²) in [4.78, 5) is 6.22. The van der Waals surface area contributed by atoms with Gasteiger partial charge < -0.3 is 14.7 Å². The van der Waals surface area contributed by atoms with Gasteiger partial charge in [0, 0.05) is 11.3 Å². The molecule has 0 radical (unpaired) electrons. The number of rotatable bonds is 3. The Morgan fingerprint density at radius 2 is 1.76 bits per heavy atom. The van der Waals surface area contributed by atoms with Crippen LogP contribution in [0.3, 0.4) is 0 Å². The second-order valence-corrected chi connectivity index (χ2v) is 4.68. The second-order valence-electron chi connectivity index (χ2n) is 4.27. The van der Waals surface area contributed by atoms with Crippen LogP contribution in [-0.2, 0) is 0 Å². The quantitative estimate of drug-likeness (QED) is 0.810. The van der Waals surface area contributed by atoms with Crippen molar-refractivity contribution in [1.82, 2.24) is 9.97 Å². The van der Waals surface area contributed by atoms with Gasteiger partial charge in [0.25, 0.3) is 0 Å². The van der Waals surface area contributed by atoms with E-state index in [2.05, 4.69) is 9.97 Å². The zero-order valence-corrected chi connectivity index (χ0v) is 11.0. The van der Waals surface area contributed by atoms with E-state index in [4.69, 9.17) is 17.0 Å². The molecule has 0 amide bonds. The van der Waals surface area contributed by atoms with Gasteiger partial charge in [-0.2, -0.15) is 0 Å². The third-order valence-electron chi connectivity index (χ3n) is 2.43. The van der Waals surface area contributed by atoms with Crippen LogP contribution in [0.5, 0.6) is 5.75 Å². The highest BCUT2D eigenvalue weighted by molar-refractivity contribution is 7.71. The normalized spacial score (nSPS) is 10.8. The van der Waals surface area contributed by atoms with Gasteiger partial charge in [-0.25, -0.2) is 0 Å². The highest BCUT2D eigenvalue weighted by Gasteiger charge is 2.05. The second kappa shape index (κ2) is 4.75. The molecule has 0 aliphatic carbocycles. The molecule has 0 unspecified atom stereocenters. The predicted octanol–water partition coefficient (Wildman–Crippen LogP) is 3.83. The van der Waals surface area contributed by atoms with Gasteiger partial charge in [0.05, 0.1) is 11.8 Å². The monoisotopic (exact) mass is 248 g/mol. The number of hydrogen-bond acceptors (Lipinski definition) is 2. The fourth-order valence-corrected chi connectivity index (χ4v) is 1.99. The SMILES string of the molecule is Cc1[nH]c(=S)[nH]c1-c1ccc(OC(C)C)cc1. The van der Waals surface area contributed by atoms with E-state index in [0.717, 1.165) is 22.7 Å². The Labute approximate surface area is 106 Å². The first-order chi connectivity index (χ1) is 8.06. The number of hydrogen-bond donors (Lipinski definition) is 2. The van der Waals surface area contributed by atoms with Crippen LogP contribution in [0.2, 0.25) is 0 Å². The van der Waals surface area contributed by atoms with Gasteiger partial charge in [-0.05, 0) is 57.3 Å². The van der Waals surface area contributed by atoms with Crippen molar-refractivity contribution in [2.24, 2.45) is 0 Å². The lowest BCUT2D eigenvalue weighted by molar-refractivity contribution is 0.242. The Morgan fingerprint density at radius 3 is 2.24 bits per heavy atom. The number of aromatic nitrogens is 2. The van der Waals surface area contributed by atoms with Crippen molar-refractivity contribution >= 4 is 12.2 Å². The lowest BCUT2D eigenvalue weighted by Gasteiger charge is -2.09. The first-order valence-electron chi connectivity index (χ1n) is 5.62. The summed E-state index contributed by atoms with van der Waals surface area (Å²) in [5, 5.41) is 0. The summed E-state index contributed by atoms with van der Waals surface area (Å²) in [6, 6.07) is 8.00. The van der Waals surface area contributed by atoms with Crippen molar-refractivity contribution in [1.29, 1.82) is 0 Å². The van der Waals surface area contributed by atoms with Gasteiger partial charge in [-0.1, -0.05) is 0 Å². The zero-order valence-electron chi connectivity index (χ0n) is 10.2. The maximum atomic E-state index is 5.60. The minimum Gasteiger partial charge on any atom is -0.491 e. The molecule has 17 heavy (non-hydrogen) atoms. The molecular weight excluding hydrogens is 232 g/mol. The van der Waals surface area contributed by atoms with Gasteiger partial charge in [0.1, 0.15) is 5.75 Å². The van der Waals surface area contributed by atoms with Crippen molar-refractivity contribution in [3.05, 3.63) is 34.7 Å². The van der Waals surface area contributed by atoms with E-state index in [9.17, 15) is 0 Å². The number of benzene rings is 1. The van der Waals surface area contributed by atoms with Gasteiger partial charge in [0.2, 0.25) is 0 Å². The van der Waals surface area contributed by atoms with Crippen LogP contribution >= 0.6 is 12.2 Å². The number of aromatic amines is 2. The number of nitrogens with one attached hydrogen (secondary N) is 2. The molecule has 0 saturated carbocycles. The number of ether oxygens (including phenoxy) is 1. The smallest absolute Gasteiger partial charge is 0.175 e. The molecule has 1 aromatic heterocycles. The van der Waals surface area contributed by atoms with Gasteiger partial charge in [-0.15, -0.1) is 0 Å². The zero-order chi connectivity index (χ0) is 12.4. The summed E-state index contributed by atoms with van der Waals surface area (Å²) >= 11 is 5.07. The molecule has 90 valence electrons. The molecule has 1 aromatic carbocycles. The molecule has 0 bridgehead atoms. The number of aryl methyl sites for hydroxylation is 1. The lowest BCUT2D eigenvalue weighted by Crippen LogP contribution is -2.05. The topological polar surface area (TPSA) is 40.8 Å². The highest BCUT2D eigenvalue weighted by atomic mass is 32.1. The average molecular weight is 248 g/mol. The van der Waals surface area contributed by atoms with Crippen LogP contribution in [0.4, 0.5) is 0 Å². The van der Waals surface area contributed by atoms with E-state index in [1.54, 1.807) is 0 Å². The van der Waals surface area contributed by atoms with Gasteiger partial charge in [-0.3, -0.25) is 0 Å². The molecule has 0 aliphatic rings. The summed E-state index contributed by atoms with van der Waals surface area (Å²) in [6.45, 7) is 6.03. The highest BCUT2D eigenvalue weighted by Crippen LogP contribution is 2.23. The van der Waals surface area contributed by atoms with E-state index in [1.807, 2.05) is 45.0 Å². The van der Waals surface area contributed by atoms with Crippen molar-refractivity contribution in [2.75, 3.05) is 0 Å². The Balaban J connectivity index is 2.29. The molecule has 1 heterocycles.